The standard InChI is InChI=1S/C10H8BrN3O2/c11-6-1-3-7(4-2-6)14-9(12)8(5-13-14)10(15)16/h1-5H,12H2,(H,15,16). The van der Waals surface area contributed by atoms with E-state index in [0.717, 1.165) is 4.47 Å². The monoisotopic (exact) mass is 281 g/mol. The number of halogens is 1. The van der Waals surface area contributed by atoms with Crippen LogP contribution < -0.4 is 5.73 Å². The van der Waals surface area contributed by atoms with Gasteiger partial charge in [0.1, 0.15) is 11.4 Å². The number of carbonyl (C=O) groups is 1. The maximum Gasteiger partial charge on any atom is 0.341 e. The predicted octanol–water partition coefficient (Wildman–Crippen LogP) is 1.92. The number of aromatic nitrogens is 2. The molecule has 0 radical (unpaired) electrons. The quantitative estimate of drug-likeness (QED) is 0.881. The van der Waals surface area contributed by atoms with E-state index in [1.54, 1.807) is 12.1 Å². The molecule has 0 spiro atoms. The van der Waals surface area contributed by atoms with Crippen molar-refractivity contribution in [2.24, 2.45) is 0 Å². The first-order valence-electron chi connectivity index (χ1n) is 4.42. The van der Waals surface area contributed by atoms with Gasteiger partial charge in [0.25, 0.3) is 0 Å². The number of benzene rings is 1. The average molecular weight is 282 g/mol. The molecule has 6 heteroatoms. The number of carboxylic acids is 1. The predicted molar refractivity (Wildman–Crippen MR) is 62.6 cm³/mol. The summed E-state index contributed by atoms with van der Waals surface area (Å²) in [4.78, 5) is 10.8. The van der Waals surface area contributed by atoms with Crippen molar-refractivity contribution in [2.45, 2.75) is 0 Å². The molecule has 2 aromatic rings. The molecule has 0 aliphatic carbocycles. The van der Waals surface area contributed by atoms with Crippen molar-refractivity contribution in [1.82, 2.24) is 9.78 Å². The van der Waals surface area contributed by atoms with Gasteiger partial charge in [0.05, 0.1) is 11.9 Å². The zero-order chi connectivity index (χ0) is 11.7. The van der Waals surface area contributed by atoms with E-state index in [0.29, 0.717) is 5.69 Å². The van der Waals surface area contributed by atoms with Crippen LogP contribution in [0, 0.1) is 0 Å². The molecule has 16 heavy (non-hydrogen) atoms. The number of nitrogens with two attached hydrogens (primary N) is 1. The number of hydrogen-bond acceptors (Lipinski definition) is 3. The molecule has 0 aliphatic rings. The van der Waals surface area contributed by atoms with Crippen LogP contribution in [0.25, 0.3) is 5.69 Å². The van der Waals surface area contributed by atoms with Gasteiger partial charge in [-0.3, -0.25) is 0 Å². The number of nitrogen functional groups attached to an aromatic ring is 1. The van der Waals surface area contributed by atoms with Crippen LogP contribution in [0.2, 0.25) is 0 Å². The second-order valence-corrected chi connectivity index (χ2v) is 4.05. The molecule has 0 fully saturated rings. The molecule has 0 unspecified atom stereocenters. The fourth-order valence-corrected chi connectivity index (χ4v) is 1.58. The summed E-state index contributed by atoms with van der Waals surface area (Å²) >= 11 is 3.31. The molecule has 1 aromatic carbocycles. The normalized spacial score (nSPS) is 10.3. The molecular formula is C10H8BrN3O2. The molecule has 1 heterocycles. The Kier molecular flexibility index (Phi) is 2.66. The minimum Gasteiger partial charge on any atom is -0.477 e. The third kappa shape index (κ3) is 1.79. The summed E-state index contributed by atoms with van der Waals surface area (Å²) in [6.45, 7) is 0. The minimum absolute atomic E-state index is 0.00270. The Hall–Kier alpha value is -1.82. The van der Waals surface area contributed by atoms with Gasteiger partial charge >= 0.3 is 5.97 Å². The highest BCUT2D eigenvalue weighted by atomic mass is 79.9. The van der Waals surface area contributed by atoms with Crippen molar-refractivity contribution in [1.29, 1.82) is 0 Å². The summed E-state index contributed by atoms with van der Waals surface area (Å²) in [7, 11) is 0. The molecule has 0 saturated carbocycles. The van der Waals surface area contributed by atoms with Gasteiger partial charge in [-0.2, -0.15) is 5.10 Å². The number of hydrogen-bond donors (Lipinski definition) is 2. The van der Waals surface area contributed by atoms with Crippen LogP contribution >= 0.6 is 15.9 Å². The van der Waals surface area contributed by atoms with Crippen LogP contribution in [0.4, 0.5) is 5.82 Å². The largest absolute Gasteiger partial charge is 0.477 e. The molecule has 0 atom stereocenters. The lowest BCUT2D eigenvalue weighted by molar-refractivity contribution is 0.0698. The van der Waals surface area contributed by atoms with E-state index >= 15 is 0 Å². The van der Waals surface area contributed by atoms with Gasteiger partial charge in [0, 0.05) is 4.47 Å². The number of anilines is 1. The van der Waals surface area contributed by atoms with E-state index in [9.17, 15) is 4.79 Å². The minimum atomic E-state index is -1.08. The summed E-state index contributed by atoms with van der Waals surface area (Å²) in [6, 6.07) is 7.24. The first-order valence-corrected chi connectivity index (χ1v) is 5.21. The molecule has 3 N–H and O–H groups in total. The highest BCUT2D eigenvalue weighted by molar-refractivity contribution is 9.10. The van der Waals surface area contributed by atoms with E-state index in [4.69, 9.17) is 10.8 Å². The lowest BCUT2D eigenvalue weighted by atomic mass is 10.3. The number of aromatic carboxylic acids is 1. The van der Waals surface area contributed by atoms with Crippen LogP contribution in [0.15, 0.2) is 34.9 Å². The highest BCUT2D eigenvalue weighted by Crippen LogP contribution is 2.19. The fraction of sp³-hybridized carbons (Fsp3) is 0. The van der Waals surface area contributed by atoms with Gasteiger partial charge in [-0.15, -0.1) is 0 Å². The Morgan fingerprint density at radius 2 is 2.00 bits per heavy atom. The molecule has 0 amide bonds. The maximum atomic E-state index is 10.8. The Morgan fingerprint density at radius 1 is 1.38 bits per heavy atom. The van der Waals surface area contributed by atoms with Crippen molar-refractivity contribution >= 4 is 27.7 Å². The summed E-state index contributed by atoms with van der Waals surface area (Å²) in [5, 5.41) is 12.8. The van der Waals surface area contributed by atoms with Crippen LogP contribution in [-0.2, 0) is 0 Å². The molecule has 0 bridgehead atoms. The lowest BCUT2D eigenvalue weighted by Gasteiger charge is -2.03. The van der Waals surface area contributed by atoms with Crippen molar-refractivity contribution in [2.75, 3.05) is 5.73 Å². The van der Waals surface area contributed by atoms with E-state index in [-0.39, 0.29) is 11.4 Å². The van der Waals surface area contributed by atoms with Gasteiger partial charge in [-0.25, -0.2) is 9.48 Å². The number of carboxylic acid groups (broad SMARTS) is 1. The van der Waals surface area contributed by atoms with E-state index in [1.165, 1.54) is 10.9 Å². The third-order valence-corrected chi connectivity index (χ3v) is 2.64. The zero-order valence-corrected chi connectivity index (χ0v) is 9.68. The summed E-state index contributed by atoms with van der Waals surface area (Å²) in [5.74, 6) is -0.962. The molecule has 0 aliphatic heterocycles. The third-order valence-electron chi connectivity index (χ3n) is 2.11. The van der Waals surface area contributed by atoms with Crippen molar-refractivity contribution in [3.05, 3.63) is 40.5 Å². The lowest BCUT2D eigenvalue weighted by Crippen LogP contribution is -2.05. The highest BCUT2D eigenvalue weighted by Gasteiger charge is 2.14. The molecule has 5 nitrogen and oxygen atoms in total. The fourth-order valence-electron chi connectivity index (χ4n) is 1.31. The van der Waals surface area contributed by atoms with E-state index in [1.807, 2.05) is 12.1 Å². The Bertz CT molecular complexity index is 533. The van der Waals surface area contributed by atoms with Gasteiger partial charge in [-0.05, 0) is 24.3 Å². The Morgan fingerprint density at radius 3 is 2.50 bits per heavy atom. The summed E-state index contributed by atoms with van der Waals surface area (Å²) in [5.41, 5.74) is 6.40. The molecular weight excluding hydrogens is 274 g/mol. The van der Waals surface area contributed by atoms with E-state index in [2.05, 4.69) is 21.0 Å². The Labute approximate surface area is 99.6 Å². The van der Waals surface area contributed by atoms with Gasteiger partial charge < -0.3 is 10.8 Å². The first kappa shape index (κ1) is 10.7. The Balaban J connectivity index is 2.49. The maximum absolute atomic E-state index is 10.8. The number of rotatable bonds is 2. The molecule has 0 saturated heterocycles. The first-order chi connectivity index (χ1) is 7.59. The second kappa shape index (κ2) is 3.97. The van der Waals surface area contributed by atoms with Gasteiger partial charge in [0.2, 0.25) is 0 Å². The summed E-state index contributed by atoms with van der Waals surface area (Å²) in [6.07, 6.45) is 1.24. The number of nitrogens with zero attached hydrogens (tertiary/aromatic N) is 2. The van der Waals surface area contributed by atoms with Crippen molar-refractivity contribution in [3.8, 4) is 5.69 Å². The van der Waals surface area contributed by atoms with Crippen molar-refractivity contribution < 1.29 is 9.90 Å². The molecule has 2 rings (SSSR count). The second-order valence-electron chi connectivity index (χ2n) is 3.14. The van der Waals surface area contributed by atoms with Gasteiger partial charge in [-0.1, -0.05) is 15.9 Å². The molecule has 82 valence electrons. The zero-order valence-electron chi connectivity index (χ0n) is 8.09. The van der Waals surface area contributed by atoms with Crippen LogP contribution in [0.1, 0.15) is 10.4 Å². The molecule has 1 aromatic heterocycles. The average Bonchev–Trinajstić information content (AvgIpc) is 2.61. The smallest absolute Gasteiger partial charge is 0.341 e. The van der Waals surface area contributed by atoms with E-state index < -0.39 is 5.97 Å². The van der Waals surface area contributed by atoms with Crippen molar-refractivity contribution in [3.63, 3.8) is 0 Å². The van der Waals surface area contributed by atoms with Crippen LogP contribution in [-0.4, -0.2) is 20.9 Å². The van der Waals surface area contributed by atoms with Crippen LogP contribution in [0.3, 0.4) is 0 Å². The summed E-state index contributed by atoms with van der Waals surface area (Å²) < 4.78 is 2.32. The SMILES string of the molecule is Nc1c(C(=O)O)cnn1-c1ccc(Br)cc1. The topological polar surface area (TPSA) is 81.1 Å². The van der Waals surface area contributed by atoms with Gasteiger partial charge in [0.15, 0.2) is 0 Å². The van der Waals surface area contributed by atoms with Crippen LogP contribution in [0.5, 0.6) is 0 Å².